The van der Waals surface area contributed by atoms with Gasteiger partial charge in [-0.1, -0.05) is 0 Å². The lowest BCUT2D eigenvalue weighted by Gasteiger charge is -2.23. The van der Waals surface area contributed by atoms with E-state index in [-0.39, 0.29) is 24.6 Å². The van der Waals surface area contributed by atoms with Crippen molar-refractivity contribution < 1.29 is 23.7 Å². The normalized spacial score (nSPS) is 47.3. The number of rotatable bonds is 1. The van der Waals surface area contributed by atoms with Crippen LogP contribution in [0.15, 0.2) is 0 Å². The SMILES string of the molecule is CC1(C)O[C@@H]2O[C@H]([C@H]3COC(C)(C)O3)C[C@@H]2O1. The van der Waals surface area contributed by atoms with E-state index in [0.29, 0.717) is 6.61 Å². The van der Waals surface area contributed by atoms with Crippen LogP contribution in [0.25, 0.3) is 0 Å². The predicted octanol–water partition coefficient (Wildman–Crippen LogP) is 1.40. The zero-order valence-corrected chi connectivity index (χ0v) is 10.8. The first kappa shape index (κ1) is 11.9. The summed E-state index contributed by atoms with van der Waals surface area (Å²) in [5.74, 6) is -1.04. The van der Waals surface area contributed by atoms with Gasteiger partial charge in [0.1, 0.15) is 12.2 Å². The number of ether oxygens (including phenoxy) is 5. The topological polar surface area (TPSA) is 46.2 Å². The van der Waals surface area contributed by atoms with Crippen LogP contribution in [0.3, 0.4) is 0 Å². The molecule has 3 rings (SSSR count). The Labute approximate surface area is 101 Å². The van der Waals surface area contributed by atoms with E-state index < -0.39 is 11.6 Å². The van der Waals surface area contributed by atoms with Crippen molar-refractivity contribution in [3.05, 3.63) is 0 Å². The molecule has 5 nitrogen and oxygen atoms in total. The Kier molecular flexibility index (Phi) is 2.55. The molecule has 0 saturated carbocycles. The molecule has 5 heteroatoms. The summed E-state index contributed by atoms with van der Waals surface area (Å²) in [6.45, 7) is 8.21. The molecule has 17 heavy (non-hydrogen) atoms. The van der Waals surface area contributed by atoms with Crippen molar-refractivity contribution in [1.29, 1.82) is 0 Å². The van der Waals surface area contributed by atoms with Crippen molar-refractivity contribution in [2.45, 2.75) is 70.3 Å². The lowest BCUT2D eigenvalue weighted by atomic mass is 10.1. The van der Waals surface area contributed by atoms with Crippen LogP contribution in [0.1, 0.15) is 34.1 Å². The van der Waals surface area contributed by atoms with E-state index in [4.69, 9.17) is 23.7 Å². The summed E-state index contributed by atoms with van der Waals surface area (Å²) in [6, 6.07) is 0. The fraction of sp³-hybridized carbons (Fsp3) is 1.00. The van der Waals surface area contributed by atoms with E-state index >= 15 is 0 Å². The van der Waals surface area contributed by atoms with Gasteiger partial charge >= 0.3 is 0 Å². The van der Waals surface area contributed by atoms with Crippen LogP contribution in [0.5, 0.6) is 0 Å². The second kappa shape index (κ2) is 3.65. The summed E-state index contributed by atoms with van der Waals surface area (Å²) in [5.41, 5.74) is 0. The van der Waals surface area contributed by atoms with E-state index in [0.717, 1.165) is 6.42 Å². The van der Waals surface area contributed by atoms with Crippen molar-refractivity contribution in [2.75, 3.05) is 6.61 Å². The molecule has 3 fully saturated rings. The molecule has 0 N–H and O–H groups in total. The molecule has 0 aliphatic carbocycles. The van der Waals surface area contributed by atoms with Gasteiger partial charge in [0.25, 0.3) is 0 Å². The number of fused-ring (bicyclic) bond motifs is 1. The third kappa shape index (κ3) is 2.22. The molecule has 98 valence electrons. The van der Waals surface area contributed by atoms with E-state index in [2.05, 4.69) is 0 Å². The van der Waals surface area contributed by atoms with Gasteiger partial charge in [-0.05, 0) is 27.7 Å². The quantitative estimate of drug-likeness (QED) is 0.697. The molecule has 3 heterocycles. The van der Waals surface area contributed by atoms with Crippen molar-refractivity contribution in [3.63, 3.8) is 0 Å². The minimum Gasteiger partial charge on any atom is -0.348 e. The maximum atomic E-state index is 5.85. The summed E-state index contributed by atoms with van der Waals surface area (Å²) >= 11 is 0. The fourth-order valence-corrected chi connectivity index (χ4v) is 2.67. The summed E-state index contributed by atoms with van der Waals surface area (Å²) < 4.78 is 28.6. The average molecular weight is 244 g/mol. The van der Waals surface area contributed by atoms with E-state index in [1.54, 1.807) is 0 Å². The van der Waals surface area contributed by atoms with E-state index in [1.165, 1.54) is 0 Å². The highest BCUT2D eigenvalue weighted by atomic mass is 16.8. The zero-order valence-electron chi connectivity index (χ0n) is 10.8. The molecule has 3 saturated heterocycles. The van der Waals surface area contributed by atoms with Crippen molar-refractivity contribution >= 4 is 0 Å². The van der Waals surface area contributed by atoms with Gasteiger partial charge in [0, 0.05) is 6.42 Å². The van der Waals surface area contributed by atoms with Gasteiger partial charge in [0.15, 0.2) is 17.9 Å². The first-order chi connectivity index (χ1) is 7.85. The highest BCUT2D eigenvalue weighted by Crippen LogP contribution is 2.40. The zero-order chi connectivity index (χ0) is 12.3. The van der Waals surface area contributed by atoms with Gasteiger partial charge in [-0.25, -0.2) is 0 Å². The minimum atomic E-state index is -0.535. The maximum absolute atomic E-state index is 5.85. The van der Waals surface area contributed by atoms with E-state index in [1.807, 2.05) is 27.7 Å². The molecule has 3 aliphatic heterocycles. The Morgan fingerprint density at radius 3 is 2.12 bits per heavy atom. The van der Waals surface area contributed by atoms with Crippen molar-refractivity contribution in [1.82, 2.24) is 0 Å². The Balaban J connectivity index is 1.60. The Morgan fingerprint density at radius 2 is 1.53 bits per heavy atom. The third-order valence-electron chi connectivity index (χ3n) is 3.36. The summed E-state index contributed by atoms with van der Waals surface area (Å²) in [6.07, 6.45) is 0.538. The predicted molar refractivity (Wildman–Crippen MR) is 58.2 cm³/mol. The van der Waals surface area contributed by atoms with Crippen LogP contribution in [0.4, 0.5) is 0 Å². The summed E-state index contributed by atoms with van der Waals surface area (Å²) in [4.78, 5) is 0. The number of hydrogen-bond acceptors (Lipinski definition) is 5. The van der Waals surface area contributed by atoms with Crippen LogP contribution in [0.2, 0.25) is 0 Å². The highest BCUT2D eigenvalue weighted by molar-refractivity contribution is 4.90. The van der Waals surface area contributed by atoms with Crippen LogP contribution in [-0.4, -0.2) is 42.8 Å². The number of hydrogen-bond donors (Lipinski definition) is 0. The van der Waals surface area contributed by atoms with Crippen LogP contribution >= 0.6 is 0 Å². The van der Waals surface area contributed by atoms with E-state index in [9.17, 15) is 0 Å². The third-order valence-corrected chi connectivity index (χ3v) is 3.36. The fourth-order valence-electron chi connectivity index (χ4n) is 2.67. The average Bonchev–Trinajstić information content (AvgIpc) is 2.75. The molecular weight excluding hydrogens is 224 g/mol. The van der Waals surface area contributed by atoms with Gasteiger partial charge in [-0.3, -0.25) is 0 Å². The standard InChI is InChI=1S/C12H20O5/c1-11(2)13-6-9(16-11)7-5-8-10(14-7)17-12(3,4)15-8/h7-10H,5-6H2,1-4H3/t7-,8-,9+,10-/m0/s1. The molecule has 0 bridgehead atoms. The highest BCUT2D eigenvalue weighted by Gasteiger charge is 2.52. The van der Waals surface area contributed by atoms with Gasteiger partial charge in [-0.2, -0.15) is 0 Å². The largest absolute Gasteiger partial charge is 0.348 e. The van der Waals surface area contributed by atoms with Gasteiger partial charge in [0.05, 0.1) is 12.7 Å². The summed E-state index contributed by atoms with van der Waals surface area (Å²) in [5, 5.41) is 0. The lowest BCUT2D eigenvalue weighted by molar-refractivity contribution is -0.220. The lowest BCUT2D eigenvalue weighted by Crippen LogP contribution is -2.33. The molecule has 4 atom stereocenters. The second-order valence-corrected chi connectivity index (χ2v) is 5.82. The molecule has 0 spiro atoms. The monoisotopic (exact) mass is 244 g/mol. The summed E-state index contributed by atoms with van der Waals surface area (Å²) in [7, 11) is 0. The second-order valence-electron chi connectivity index (χ2n) is 5.82. The molecular formula is C12H20O5. The van der Waals surface area contributed by atoms with Crippen LogP contribution in [0, 0.1) is 0 Å². The Morgan fingerprint density at radius 1 is 0.824 bits per heavy atom. The van der Waals surface area contributed by atoms with Gasteiger partial charge in [-0.15, -0.1) is 0 Å². The van der Waals surface area contributed by atoms with Crippen molar-refractivity contribution in [3.8, 4) is 0 Å². The van der Waals surface area contributed by atoms with Gasteiger partial charge < -0.3 is 23.7 Å². The molecule has 0 unspecified atom stereocenters. The maximum Gasteiger partial charge on any atom is 0.187 e. The minimum absolute atomic E-state index is 0.00266. The van der Waals surface area contributed by atoms with Crippen LogP contribution in [-0.2, 0) is 23.7 Å². The van der Waals surface area contributed by atoms with Gasteiger partial charge in [0.2, 0.25) is 0 Å². The first-order valence-electron chi connectivity index (χ1n) is 6.18. The van der Waals surface area contributed by atoms with Crippen LogP contribution < -0.4 is 0 Å². The first-order valence-corrected chi connectivity index (χ1v) is 6.18. The smallest absolute Gasteiger partial charge is 0.187 e. The Hall–Kier alpha value is -0.200. The molecule has 0 radical (unpaired) electrons. The molecule has 3 aliphatic rings. The van der Waals surface area contributed by atoms with Crippen molar-refractivity contribution in [2.24, 2.45) is 0 Å². The molecule has 0 amide bonds. The molecule has 0 aromatic carbocycles. The Bertz CT molecular complexity index is 298. The molecule has 0 aromatic heterocycles. The molecule has 0 aromatic rings.